The molecule has 0 aliphatic carbocycles. The molecule has 4 heterocycles. The lowest BCUT2D eigenvalue weighted by molar-refractivity contribution is -0.138. The summed E-state index contributed by atoms with van der Waals surface area (Å²) in [6.45, 7) is 0.849. The Kier molecular flexibility index (Phi) is 8.38. The predicted octanol–water partition coefficient (Wildman–Crippen LogP) is 0.942. The average Bonchev–Trinajstić information content (AvgIpc) is 3.65. The highest BCUT2D eigenvalue weighted by Crippen LogP contribution is 2.26. The van der Waals surface area contributed by atoms with E-state index in [1.165, 1.54) is 64.5 Å². The Labute approximate surface area is 228 Å². The second-order valence-corrected chi connectivity index (χ2v) is 8.95. The maximum Gasteiger partial charge on any atom is 0.258 e. The Hall–Kier alpha value is -5.26. The number of benzene rings is 1. The van der Waals surface area contributed by atoms with Gasteiger partial charge < -0.3 is 0 Å². The lowest BCUT2D eigenvalue weighted by atomic mass is 10.2. The van der Waals surface area contributed by atoms with Crippen LogP contribution in [0.1, 0.15) is 25.7 Å². The van der Waals surface area contributed by atoms with Crippen molar-refractivity contribution in [3.05, 3.63) is 72.9 Å². The maximum absolute atomic E-state index is 11.6. The van der Waals surface area contributed by atoms with Crippen molar-refractivity contribution in [2.75, 3.05) is 22.9 Å². The van der Waals surface area contributed by atoms with Crippen molar-refractivity contribution in [2.45, 2.75) is 25.7 Å². The Morgan fingerprint density at radius 1 is 0.400 bits per heavy atom. The van der Waals surface area contributed by atoms with Crippen LogP contribution in [-0.4, -0.2) is 70.1 Å². The molecule has 0 N–H and O–H groups in total. The van der Waals surface area contributed by atoms with Crippen molar-refractivity contribution >= 4 is 58.6 Å². The first-order valence-electron chi connectivity index (χ1n) is 12.5. The van der Waals surface area contributed by atoms with Gasteiger partial charge in [-0.05, 0) is 31.0 Å². The van der Waals surface area contributed by atoms with Gasteiger partial charge in [0.1, 0.15) is 0 Å². The van der Waals surface area contributed by atoms with E-state index in [1.807, 2.05) is 0 Å². The number of rotatable bonds is 9. The first-order valence-corrected chi connectivity index (χ1v) is 12.5. The van der Waals surface area contributed by atoms with Crippen LogP contribution in [0.15, 0.2) is 72.9 Å². The van der Waals surface area contributed by atoms with Crippen LogP contribution < -0.4 is 9.80 Å². The number of unbranched alkanes of at least 4 members (excludes halogenated alkanes) is 3. The quantitative estimate of drug-likeness (QED) is 0.329. The van der Waals surface area contributed by atoms with Crippen molar-refractivity contribution in [1.82, 2.24) is 9.80 Å². The smallest absolute Gasteiger partial charge is 0.258 e. The molecule has 12 heteroatoms. The van der Waals surface area contributed by atoms with Crippen LogP contribution in [0.5, 0.6) is 0 Å². The van der Waals surface area contributed by atoms with Gasteiger partial charge in [0.25, 0.3) is 47.3 Å². The molecule has 0 atom stereocenters. The van der Waals surface area contributed by atoms with E-state index in [-0.39, 0.29) is 23.6 Å². The number of amides is 8. The van der Waals surface area contributed by atoms with Crippen molar-refractivity contribution in [1.29, 1.82) is 0 Å². The molecule has 0 bridgehead atoms. The van der Waals surface area contributed by atoms with Crippen molar-refractivity contribution in [3.8, 4) is 0 Å². The second kappa shape index (κ2) is 12.1. The first kappa shape index (κ1) is 27.8. The molecule has 5 rings (SSSR count). The summed E-state index contributed by atoms with van der Waals surface area (Å²) in [7, 11) is 0. The van der Waals surface area contributed by atoms with Crippen molar-refractivity contribution < 1.29 is 38.4 Å². The van der Waals surface area contributed by atoms with E-state index >= 15 is 0 Å². The lowest BCUT2D eigenvalue weighted by Crippen LogP contribution is -2.31. The van der Waals surface area contributed by atoms with Gasteiger partial charge in [-0.1, -0.05) is 18.9 Å². The van der Waals surface area contributed by atoms with Gasteiger partial charge >= 0.3 is 0 Å². The highest BCUT2D eigenvalue weighted by atomic mass is 16.2. The molecule has 0 spiro atoms. The van der Waals surface area contributed by atoms with E-state index in [2.05, 4.69) is 0 Å². The number of carbonyl (C=O) groups is 8. The molecule has 12 nitrogen and oxygen atoms in total. The van der Waals surface area contributed by atoms with Crippen molar-refractivity contribution in [2.24, 2.45) is 0 Å². The van der Waals surface area contributed by atoms with Gasteiger partial charge in [-0.25, -0.2) is 9.80 Å². The summed E-state index contributed by atoms with van der Waals surface area (Å²) in [4.78, 5) is 95.9. The molecule has 0 radical (unpaired) electrons. The minimum atomic E-state index is -0.454. The molecule has 4 aliphatic heterocycles. The molecule has 1 aromatic carbocycles. The third-order valence-electron chi connectivity index (χ3n) is 6.28. The normalized spacial score (nSPS) is 17.9. The van der Waals surface area contributed by atoms with Crippen LogP contribution in [0.2, 0.25) is 0 Å². The second-order valence-electron chi connectivity index (χ2n) is 8.95. The Morgan fingerprint density at radius 3 is 1.02 bits per heavy atom. The Bertz CT molecular complexity index is 1260. The van der Waals surface area contributed by atoms with E-state index in [1.54, 1.807) is 18.2 Å². The number of hydrogen-bond acceptors (Lipinski definition) is 8. The number of carbonyl (C=O) groups excluding carboxylic acids is 8. The minimum absolute atomic E-state index is 0.255. The first-order chi connectivity index (χ1) is 19.2. The van der Waals surface area contributed by atoms with Gasteiger partial charge in [-0.15, -0.1) is 0 Å². The number of hydrogen-bond donors (Lipinski definition) is 0. The molecule has 40 heavy (non-hydrogen) atoms. The summed E-state index contributed by atoms with van der Waals surface area (Å²) in [6.07, 6.45) is 13.0. The zero-order chi connectivity index (χ0) is 28.8. The molecular weight excluding hydrogens is 520 g/mol. The Balaban J connectivity index is 0.000000185. The SMILES string of the molecule is O=C1C=CC(=O)N1CCCCCCN1C(=O)C=CC1=O.O=C1C=CC(=O)N1c1cccc(N2C(=O)C=CC2=O)c1. The molecule has 4 aliphatic rings. The van der Waals surface area contributed by atoms with Crippen LogP contribution >= 0.6 is 0 Å². The lowest BCUT2D eigenvalue weighted by Gasteiger charge is -2.18. The third-order valence-corrected chi connectivity index (χ3v) is 6.28. The highest BCUT2D eigenvalue weighted by Gasteiger charge is 2.29. The number of imide groups is 4. The van der Waals surface area contributed by atoms with Crippen molar-refractivity contribution in [3.63, 3.8) is 0 Å². The van der Waals surface area contributed by atoms with E-state index in [0.29, 0.717) is 24.5 Å². The highest BCUT2D eigenvalue weighted by molar-refractivity contribution is 6.30. The van der Waals surface area contributed by atoms with Gasteiger partial charge in [0.05, 0.1) is 11.4 Å². The molecule has 1 aromatic rings. The van der Waals surface area contributed by atoms with E-state index in [9.17, 15) is 38.4 Å². The third kappa shape index (κ3) is 6.07. The van der Waals surface area contributed by atoms with Gasteiger partial charge in [0.15, 0.2) is 0 Å². The fourth-order valence-corrected chi connectivity index (χ4v) is 4.28. The topological polar surface area (TPSA) is 150 Å². The van der Waals surface area contributed by atoms with E-state index in [4.69, 9.17) is 0 Å². The Morgan fingerprint density at radius 2 is 0.700 bits per heavy atom. The molecule has 0 unspecified atom stereocenters. The summed E-state index contributed by atoms with van der Waals surface area (Å²) in [5, 5.41) is 0. The van der Waals surface area contributed by atoms with Gasteiger partial charge in [-0.3, -0.25) is 48.2 Å². The van der Waals surface area contributed by atoms with E-state index < -0.39 is 23.6 Å². The fourth-order valence-electron chi connectivity index (χ4n) is 4.28. The average molecular weight is 545 g/mol. The zero-order valence-electron chi connectivity index (χ0n) is 21.2. The van der Waals surface area contributed by atoms with E-state index in [0.717, 1.165) is 35.5 Å². The largest absolute Gasteiger partial charge is 0.275 e. The van der Waals surface area contributed by atoms with Gasteiger partial charge in [0.2, 0.25) is 0 Å². The molecular formula is C28H24N4O8. The number of nitrogens with zero attached hydrogens (tertiary/aromatic N) is 4. The molecule has 0 saturated heterocycles. The number of anilines is 2. The van der Waals surface area contributed by atoms with Crippen LogP contribution in [0.25, 0.3) is 0 Å². The summed E-state index contributed by atoms with van der Waals surface area (Å²) in [5.74, 6) is -2.84. The molecule has 0 fully saturated rings. The molecule has 8 amide bonds. The van der Waals surface area contributed by atoms with Gasteiger partial charge in [0, 0.05) is 61.7 Å². The minimum Gasteiger partial charge on any atom is -0.275 e. The zero-order valence-corrected chi connectivity index (χ0v) is 21.2. The summed E-state index contributed by atoms with van der Waals surface area (Å²) in [5.41, 5.74) is 0.630. The maximum atomic E-state index is 11.6. The molecule has 0 saturated carbocycles. The predicted molar refractivity (Wildman–Crippen MR) is 140 cm³/mol. The summed E-state index contributed by atoms with van der Waals surface area (Å²) in [6, 6.07) is 6.14. The fraction of sp³-hybridized carbons (Fsp3) is 0.214. The van der Waals surface area contributed by atoms with Crippen LogP contribution in [0.3, 0.4) is 0 Å². The van der Waals surface area contributed by atoms with Crippen LogP contribution in [0.4, 0.5) is 11.4 Å². The standard InChI is InChI=1S/C14H8N2O4.C14H16N2O4/c17-11-4-5-12(18)15(11)9-2-1-3-10(8-9)16-13(19)6-7-14(16)20;17-11-5-6-12(18)15(11)9-3-1-2-4-10-16-13(19)7-8-14(16)20/h1-8H;5-8H,1-4,9-10H2. The summed E-state index contributed by atoms with van der Waals surface area (Å²) < 4.78 is 0. The van der Waals surface area contributed by atoms with Crippen LogP contribution in [-0.2, 0) is 38.4 Å². The summed E-state index contributed by atoms with van der Waals surface area (Å²) >= 11 is 0. The van der Waals surface area contributed by atoms with Gasteiger partial charge in [-0.2, -0.15) is 0 Å². The van der Waals surface area contributed by atoms with Crippen LogP contribution in [0, 0.1) is 0 Å². The monoisotopic (exact) mass is 544 g/mol. The molecule has 204 valence electrons. The molecule has 0 aromatic heterocycles.